The minimum absolute atomic E-state index is 0.0109. The highest BCUT2D eigenvalue weighted by Gasteiger charge is 2.12. The summed E-state index contributed by atoms with van der Waals surface area (Å²) in [6.07, 6.45) is 3.88. The molecule has 0 aliphatic heterocycles. The number of anilines is 1. The summed E-state index contributed by atoms with van der Waals surface area (Å²) in [6, 6.07) is 19.1. The number of fused-ring (bicyclic) bond motifs is 1. The van der Waals surface area contributed by atoms with E-state index in [0.717, 1.165) is 41.2 Å². The number of amides is 1. The van der Waals surface area contributed by atoms with Crippen molar-refractivity contribution in [3.05, 3.63) is 59.0 Å². The molecule has 6 heteroatoms. The fraction of sp³-hybridized carbons (Fsp3) is 0.357. The van der Waals surface area contributed by atoms with Gasteiger partial charge in [0.15, 0.2) is 0 Å². The van der Waals surface area contributed by atoms with Gasteiger partial charge in [-0.25, -0.2) is 0 Å². The molecule has 0 spiro atoms. The number of nitriles is 1. The summed E-state index contributed by atoms with van der Waals surface area (Å²) in [4.78, 5) is 16.7. The van der Waals surface area contributed by atoms with Crippen LogP contribution in [0.5, 0.6) is 0 Å². The average molecular weight is 476 g/mol. The summed E-state index contributed by atoms with van der Waals surface area (Å²) < 4.78 is 0. The number of thiophene rings is 1. The largest absolute Gasteiger partial charge is 0.396 e. The second-order valence-electron chi connectivity index (χ2n) is 8.60. The fourth-order valence-electron chi connectivity index (χ4n) is 3.80. The SMILES string of the molecule is CCCN(CCC)c1ccc2cc(-c3ccc(/C=C(\C#N)C(=O)NCC(C)CO)s3)ccc2c1. The minimum atomic E-state index is -0.417. The van der Waals surface area contributed by atoms with Crippen molar-refractivity contribution >= 4 is 39.8 Å². The van der Waals surface area contributed by atoms with E-state index in [9.17, 15) is 10.1 Å². The van der Waals surface area contributed by atoms with Gasteiger partial charge in [-0.15, -0.1) is 11.3 Å². The van der Waals surface area contributed by atoms with Gasteiger partial charge in [-0.05, 0) is 71.5 Å². The molecular formula is C28H33N3O2S. The van der Waals surface area contributed by atoms with Crippen LogP contribution >= 0.6 is 11.3 Å². The number of carbonyl (C=O) groups excluding carboxylic acids is 1. The third-order valence-corrected chi connectivity index (χ3v) is 6.74. The van der Waals surface area contributed by atoms with Crippen molar-refractivity contribution in [2.75, 3.05) is 31.1 Å². The second-order valence-corrected chi connectivity index (χ2v) is 9.72. The van der Waals surface area contributed by atoms with Crippen LogP contribution in [0.2, 0.25) is 0 Å². The number of aliphatic hydroxyl groups excluding tert-OH is 1. The molecule has 0 saturated heterocycles. The van der Waals surface area contributed by atoms with Crippen molar-refractivity contribution in [3.63, 3.8) is 0 Å². The molecular weight excluding hydrogens is 442 g/mol. The Balaban J connectivity index is 1.80. The highest BCUT2D eigenvalue weighted by Crippen LogP contribution is 2.32. The first-order chi connectivity index (χ1) is 16.5. The van der Waals surface area contributed by atoms with E-state index < -0.39 is 5.91 Å². The number of nitrogens with one attached hydrogen (secondary N) is 1. The molecule has 1 amide bonds. The van der Waals surface area contributed by atoms with Gasteiger partial charge in [-0.2, -0.15) is 5.26 Å². The summed E-state index contributed by atoms with van der Waals surface area (Å²) in [5.41, 5.74) is 2.44. The third-order valence-electron chi connectivity index (χ3n) is 5.66. The first-order valence-electron chi connectivity index (χ1n) is 11.9. The maximum Gasteiger partial charge on any atom is 0.261 e. The summed E-state index contributed by atoms with van der Waals surface area (Å²) in [7, 11) is 0. The molecule has 178 valence electrons. The van der Waals surface area contributed by atoms with E-state index in [2.05, 4.69) is 60.5 Å². The number of rotatable bonds is 11. The van der Waals surface area contributed by atoms with E-state index >= 15 is 0 Å². The fourth-order valence-corrected chi connectivity index (χ4v) is 4.74. The molecule has 1 heterocycles. The summed E-state index contributed by atoms with van der Waals surface area (Å²) in [6.45, 7) is 8.70. The molecule has 3 rings (SSSR count). The number of aliphatic hydroxyl groups is 1. The third kappa shape index (κ3) is 6.47. The number of benzene rings is 2. The van der Waals surface area contributed by atoms with Gasteiger partial charge in [-0.1, -0.05) is 39.0 Å². The summed E-state index contributed by atoms with van der Waals surface area (Å²) in [5, 5.41) is 23.6. The Hall–Kier alpha value is -3.14. The van der Waals surface area contributed by atoms with Gasteiger partial charge < -0.3 is 15.3 Å². The van der Waals surface area contributed by atoms with Crippen LogP contribution in [0, 0.1) is 17.2 Å². The van der Waals surface area contributed by atoms with Gasteiger partial charge in [0.05, 0.1) is 0 Å². The van der Waals surface area contributed by atoms with Crippen molar-refractivity contribution in [3.8, 4) is 16.5 Å². The molecule has 0 fully saturated rings. The average Bonchev–Trinajstić information content (AvgIpc) is 3.33. The zero-order valence-electron chi connectivity index (χ0n) is 20.2. The van der Waals surface area contributed by atoms with Gasteiger partial charge in [0.2, 0.25) is 0 Å². The van der Waals surface area contributed by atoms with Crippen LogP contribution in [0.25, 0.3) is 27.3 Å². The Labute approximate surface area is 206 Å². The molecule has 0 aliphatic rings. The predicted octanol–water partition coefficient (Wildman–Crippen LogP) is 5.85. The molecule has 1 aromatic heterocycles. The Bertz CT molecular complexity index is 1190. The van der Waals surface area contributed by atoms with E-state index in [0.29, 0.717) is 6.54 Å². The Morgan fingerprint density at radius 2 is 1.82 bits per heavy atom. The van der Waals surface area contributed by atoms with Crippen LogP contribution in [0.1, 0.15) is 38.5 Å². The Kier molecular flexibility index (Phi) is 9.26. The van der Waals surface area contributed by atoms with Crippen LogP contribution in [-0.2, 0) is 4.79 Å². The van der Waals surface area contributed by atoms with Crippen LogP contribution in [0.15, 0.2) is 54.1 Å². The first-order valence-corrected chi connectivity index (χ1v) is 12.7. The smallest absolute Gasteiger partial charge is 0.261 e. The molecule has 0 aliphatic carbocycles. The lowest BCUT2D eigenvalue weighted by Gasteiger charge is -2.24. The summed E-state index contributed by atoms with van der Waals surface area (Å²) in [5.74, 6) is -0.470. The molecule has 2 aromatic carbocycles. The normalized spacial score (nSPS) is 12.4. The monoisotopic (exact) mass is 475 g/mol. The van der Waals surface area contributed by atoms with E-state index in [1.54, 1.807) is 17.4 Å². The van der Waals surface area contributed by atoms with Crippen molar-refractivity contribution in [1.29, 1.82) is 5.26 Å². The van der Waals surface area contributed by atoms with E-state index in [1.165, 1.54) is 16.5 Å². The van der Waals surface area contributed by atoms with Crippen molar-refractivity contribution in [2.24, 2.45) is 5.92 Å². The van der Waals surface area contributed by atoms with Crippen LogP contribution in [0.4, 0.5) is 5.69 Å². The lowest BCUT2D eigenvalue weighted by Crippen LogP contribution is -2.30. The second kappa shape index (κ2) is 12.4. The van der Waals surface area contributed by atoms with Gasteiger partial charge >= 0.3 is 0 Å². The van der Waals surface area contributed by atoms with E-state index in [1.807, 2.05) is 25.1 Å². The molecule has 1 atom stereocenters. The standard InChI is InChI=1S/C28H33N3O2S/c1-4-12-31(13-5-2)25-9-8-21-14-23(7-6-22(21)15-25)27-11-10-26(34-27)16-24(17-29)28(33)30-18-20(3)19-32/h6-11,14-16,20,32H,4-5,12-13,18-19H2,1-3H3,(H,30,33)/b24-16+. The quantitative estimate of drug-likeness (QED) is 0.270. The zero-order chi connectivity index (χ0) is 24.5. The minimum Gasteiger partial charge on any atom is -0.396 e. The lowest BCUT2D eigenvalue weighted by molar-refractivity contribution is -0.117. The number of carbonyl (C=O) groups is 1. The zero-order valence-corrected chi connectivity index (χ0v) is 21.0. The molecule has 2 N–H and O–H groups in total. The van der Waals surface area contributed by atoms with Gasteiger partial charge in [-0.3, -0.25) is 4.79 Å². The molecule has 0 bridgehead atoms. The van der Waals surface area contributed by atoms with Crippen molar-refractivity contribution in [2.45, 2.75) is 33.6 Å². The Morgan fingerprint density at radius 3 is 2.50 bits per heavy atom. The number of hydrogen-bond acceptors (Lipinski definition) is 5. The maximum atomic E-state index is 12.3. The molecule has 0 saturated carbocycles. The predicted molar refractivity (Wildman–Crippen MR) is 143 cm³/mol. The van der Waals surface area contributed by atoms with Gasteiger partial charge in [0.25, 0.3) is 5.91 Å². The topological polar surface area (TPSA) is 76.4 Å². The highest BCUT2D eigenvalue weighted by molar-refractivity contribution is 7.16. The van der Waals surface area contributed by atoms with Crippen LogP contribution in [0.3, 0.4) is 0 Å². The first kappa shape index (κ1) is 25.5. The van der Waals surface area contributed by atoms with Gasteiger partial charge in [0, 0.05) is 41.7 Å². The maximum absolute atomic E-state index is 12.3. The summed E-state index contributed by atoms with van der Waals surface area (Å²) >= 11 is 1.55. The molecule has 1 unspecified atom stereocenters. The highest BCUT2D eigenvalue weighted by atomic mass is 32.1. The number of hydrogen-bond donors (Lipinski definition) is 2. The van der Waals surface area contributed by atoms with Crippen LogP contribution < -0.4 is 10.2 Å². The van der Waals surface area contributed by atoms with Gasteiger partial charge in [0.1, 0.15) is 11.6 Å². The van der Waals surface area contributed by atoms with E-state index in [4.69, 9.17) is 5.11 Å². The Morgan fingerprint density at radius 1 is 1.12 bits per heavy atom. The lowest BCUT2D eigenvalue weighted by atomic mass is 10.0. The molecule has 34 heavy (non-hydrogen) atoms. The van der Waals surface area contributed by atoms with Crippen LogP contribution in [-0.4, -0.2) is 37.3 Å². The number of nitrogens with zero attached hydrogens (tertiary/aromatic N) is 2. The van der Waals surface area contributed by atoms with E-state index in [-0.39, 0.29) is 18.1 Å². The van der Waals surface area contributed by atoms with Crippen molar-refractivity contribution in [1.82, 2.24) is 5.32 Å². The molecule has 5 nitrogen and oxygen atoms in total. The molecule has 3 aromatic rings. The van der Waals surface area contributed by atoms with Crippen molar-refractivity contribution < 1.29 is 9.90 Å². The molecule has 0 radical (unpaired) electrons.